The van der Waals surface area contributed by atoms with E-state index in [9.17, 15) is 13.2 Å². The van der Waals surface area contributed by atoms with Crippen molar-refractivity contribution in [2.45, 2.75) is 44.0 Å². The van der Waals surface area contributed by atoms with Crippen molar-refractivity contribution in [2.75, 3.05) is 0 Å². The van der Waals surface area contributed by atoms with Crippen molar-refractivity contribution in [2.24, 2.45) is 5.92 Å². The lowest BCUT2D eigenvalue weighted by Crippen LogP contribution is -2.33. The van der Waals surface area contributed by atoms with E-state index in [1.807, 2.05) is 6.92 Å². The fourth-order valence-electron chi connectivity index (χ4n) is 2.14. The van der Waals surface area contributed by atoms with Crippen LogP contribution in [0.3, 0.4) is 0 Å². The van der Waals surface area contributed by atoms with Crippen LogP contribution in [0, 0.1) is 12.8 Å². The van der Waals surface area contributed by atoms with Gasteiger partial charge in [0.05, 0.1) is 0 Å². The molecule has 1 aliphatic rings. The maximum Gasteiger partial charge on any atom is 0.347 e. The molecule has 1 heterocycles. The Balaban J connectivity index is 2.23. The van der Waals surface area contributed by atoms with E-state index in [0.717, 1.165) is 30.6 Å². The fourth-order valence-corrected chi connectivity index (χ4v) is 5.03. The highest BCUT2D eigenvalue weighted by Crippen LogP contribution is 2.34. The molecule has 1 atom stereocenters. The summed E-state index contributed by atoms with van der Waals surface area (Å²) in [5, 5.41) is 10.6. The quantitative estimate of drug-likeness (QED) is 0.844. The third-order valence-corrected chi connectivity index (χ3v) is 6.11. The zero-order valence-corrected chi connectivity index (χ0v) is 12.5. The van der Waals surface area contributed by atoms with E-state index in [1.165, 1.54) is 0 Å². The van der Waals surface area contributed by atoms with Gasteiger partial charge in [-0.2, -0.15) is 0 Å². The number of carboxylic acids is 1. The molecule has 1 aromatic rings. The Morgan fingerprint density at radius 1 is 1.58 bits per heavy atom. The van der Waals surface area contributed by atoms with Gasteiger partial charge in [0.2, 0.25) is 10.0 Å². The van der Waals surface area contributed by atoms with Crippen LogP contribution in [0.4, 0.5) is 0 Å². The van der Waals surface area contributed by atoms with Gasteiger partial charge < -0.3 is 5.11 Å². The SMILES string of the molecule is Cc1csc(C(=O)O)c1S(=O)(=O)NC(C)CC1CC1. The van der Waals surface area contributed by atoms with Gasteiger partial charge in [0.1, 0.15) is 9.77 Å². The third-order valence-electron chi connectivity index (χ3n) is 3.12. The molecule has 0 radical (unpaired) electrons. The summed E-state index contributed by atoms with van der Waals surface area (Å²) in [5.74, 6) is -0.589. The van der Waals surface area contributed by atoms with E-state index < -0.39 is 16.0 Å². The maximum atomic E-state index is 12.3. The van der Waals surface area contributed by atoms with Crippen LogP contribution in [0.15, 0.2) is 10.3 Å². The van der Waals surface area contributed by atoms with Gasteiger partial charge in [-0.15, -0.1) is 11.3 Å². The molecule has 0 bridgehead atoms. The Labute approximate surface area is 116 Å². The Bertz CT molecular complexity index is 587. The van der Waals surface area contributed by atoms with Crippen molar-refractivity contribution in [3.8, 4) is 0 Å². The molecular weight excluding hydrogens is 286 g/mol. The van der Waals surface area contributed by atoms with Crippen LogP contribution in [0.1, 0.15) is 41.4 Å². The molecule has 1 aromatic heterocycles. The minimum absolute atomic E-state index is 0.0901. The first kappa shape index (κ1) is 14.5. The van der Waals surface area contributed by atoms with Crippen LogP contribution < -0.4 is 4.72 Å². The summed E-state index contributed by atoms with van der Waals surface area (Å²) in [6, 6.07) is -0.168. The summed E-state index contributed by atoms with van der Waals surface area (Å²) in [6.07, 6.45) is 3.12. The molecule has 1 fully saturated rings. The maximum absolute atomic E-state index is 12.3. The summed E-state index contributed by atoms with van der Waals surface area (Å²) in [5.41, 5.74) is 0.480. The van der Waals surface area contributed by atoms with Crippen molar-refractivity contribution in [1.82, 2.24) is 4.72 Å². The molecule has 0 spiro atoms. The van der Waals surface area contributed by atoms with Crippen LogP contribution in [0.25, 0.3) is 0 Å². The van der Waals surface area contributed by atoms with Gasteiger partial charge in [0.25, 0.3) is 0 Å². The lowest BCUT2D eigenvalue weighted by Gasteiger charge is -2.14. The molecule has 2 rings (SSSR count). The van der Waals surface area contributed by atoms with Crippen LogP contribution >= 0.6 is 11.3 Å². The molecule has 7 heteroatoms. The van der Waals surface area contributed by atoms with E-state index in [4.69, 9.17) is 5.11 Å². The first-order valence-electron chi connectivity index (χ1n) is 6.15. The predicted octanol–water partition coefficient (Wildman–Crippen LogP) is 2.22. The topological polar surface area (TPSA) is 83.5 Å². The first-order valence-corrected chi connectivity index (χ1v) is 8.51. The van der Waals surface area contributed by atoms with Crippen LogP contribution in [0.2, 0.25) is 0 Å². The van der Waals surface area contributed by atoms with Gasteiger partial charge in [0, 0.05) is 6.04 Å². The molecule has 106 valence electrons. The summed E-state index contributed by atoms with van der Waals surface area (Å²) in [6.45, 7) is 3.43. The molecule has 1 aliphatic carbocycles. The molecular formula is C12H17NO4S2. The number of hydrogen-bond donors (Lipinski definition) is 2. The average Bonchev–Trinajstić information content (AvgIpc) is 2.96. The van der Waals surface area contributed by atoms with Crippen molar-refractivity contribution >= 4 is 27.3 Å². The highest BCUT2D eigenvalue weighted by Gasteiger charge is 2.30. The van der Waals surface area contributed by atoms with Gasteiger partial charge in [-0.1, -0.05) is 12.8 Å². The van der Waals surface area contributed by atoms with Crippen molar-refractivity contribution in [1.29, 1.82) is 0 Å². The standard InChI is InChI=1S/C12H17NO4S2/c1-7-6-18-10(12(14)15)11(7)19(16,17)13-8(2)5-9-3-4-9/h6,8-9,13H,3-5H2,1-2H3,(H,14,15). The first-order chi connectivity index (χ1) is 8.81. The van der Waals surface area contributed by atoms with Gasteiger partial charge in [-0.25, -0.2) is 17.9 Å². The minimum Gasteiger partial charge on any atom is -0.477 e. The Kier molecular flexibility index (Phi) is 3.98. The van der Waals surface area contributed by atoms with E-state index in [1.54, 1.807) is 12.3 Å². The molecule has 2 N–H and O–H groups in total. The monoisotopic (exact) mass is 303 g/mol. The molecule has 5 nitrogen and oxygen atoms in total. The van der Waals surface area contributed by atoms with Crippen LogP contribution in [-0.4, -0.2) is 25.5 Å². The Hall–Kier alpha value is -0.920. The lowest BCUT2D eigenvalue weighted by atomic mass is 10.2. The number of rotatable bonds is 6. The number of aryl methyl sites for hydroxylation is 1. The van der Waals surface area contributed by atoms with Crippen molar-refractivity contribution in [3.63, 3.8) is 0 Å². The van der Waals surface area contributed by atoms with Crippen molar-refractivity contribution in [3.05, 3.63) is 15.8 Å². The second-order valence-corrected chi connectivity index (χ2v) is 7.61. The third kappa shape index (κ3) is 3.34. The van der Waals surface area contributed by atoms with Crippen LogP contribution in [0.5, 0.6) is 0 Å². The highest BCUT2D eigenvalue weighted by atomic mass is 32.2. The van der Waals surface area contributed by atoms with E-state index in [0.29, 0.717) is 11.5 Å². The number of carbonyl (C=O) groups is 1. The largest absolute Gasteiger partial charge is 0.477 e. The van der Waals surface area contributed by atoms with E-state index in [-0.39, 0.29) is 15.8 Å². The number of thiophene rings is 1. The molecule has 0 amide bonds. The predicted molar refractivity (Wildman–Crippen MR) is 73.1 cm³/mol. The summed E-state index contributed by atoms with van der Waals surface area (Å²) < 4.78 is 27.1. The molecule has 1 saturated carbocycles. The zero-order chi connectivity index (χ0) is 14.2. The van der Waals surface area contributed by atoms with Crippen LogP contribution in [-0.2, 0) is 10.0 Å². The lowest BCUT2D eigenvalue weighted by molar-refractivity contribution is 0.0698. The number of carboxylic acid groups (broad SMARTS) is 1. The van der Waals surface area contributed by atoms with E-state index >= 15 is 0 Å². The smallest absolute Gasteiger partial charge is 0.347 e. The number of aromatic carboxylic acids is 1. The van der Waals surface area contributed by atoms with Gasteiger partial charge in [-0.3, -0.25) is 0 Å². The minimum atomic E-state index is -3.76. The van der Waals surface area contributed by atoms with Gasteiger partial charge in [-0.05, 0) is 37.1 Å². The van der Waals surface area contributed by atoms with E-state index in [2.05, 4.69) is 4.72 Å². The highest BCUT2D eigenvalue weighted by molar-refractivity contribution is 7.89. The number of nitrogens with one attached hydrogen (secondary N) is 1. The Morgan fingerprint density at radius 3 is 2.74 bits per heavy atom. The molecule has 0 aromatic carbocycles. The molecule has 1 unspecified atom stereocenters. The second-order valence-electron chi connectivity index (χ2n) is 5.08. The zero-order valence-electron chi connectivity index (χ0n) is 10.8. The normalized spacial score (nSPS) is 17.4. The summed E-state index contributed by atoms with van der Waals surface area (Å²) in [4.78, 5) is 10.9. The summed E-state index contributed by atoms with van der Waals surface area (Å²) in [7, 11) is -3.76. The Morgan fingerprint density at radius 2 is 2.21 bits per heavy atom. The summed E-state index contributed by atoms with van der Waals surface area (Å²) >= 11 is 0.946. The fraction of sp³-hybridized carbons (Fsp3) is 0.583. The molecule has 19 heavy (non-hydrogen) atoms. The van der Waals surface area contributed by atoms with Gasteiger partial charge >= 0.3 is 5.97 Å². The van der Waals surface area contributed by atoms with Crippen molar-refractivity contribution < 1.29 is 18.3 Å². The molecule has 0 aliphatic heterocycles. The number of hydrogen-bond acceptors (Lipinski definition) is 4. The number of sulfonamides is 1. The van der Waals surface area contributed by atoms with Gasteiger partial charge in [0.15, 0.2) is 0 Å². The average molecular weight is 303 g/mol. The molecule has 0 saturated heterocycles. The second kappa shape index (κ2) is 5.22.